The summed E-state index contributed by atoms with van der Waals surface area (Å²) in [6.07, 6.45) is 3.48. The van der Waals surface area contributed by atoms with Crippen molar-refractivity contribution in [3.63, 3.8) is 0 Å². The average molecular weight is 302 g/mol. The number of hydrogen-bond donors (Lipinski definition) is 2. The third kappa shape index (κ3) is 3.33. The van der Waals surface area contributed by atoms with Crippen molar-refractivity contribution >= 4 is 5.91 Å². The second kappa shape index (κ2) is 6.80. The van der Waals surface area contributed by atoms with E-state index in [1.54, 1.807) is 6.92 Å². The summed E-state index contributed by atoms with van der Waals surface area (Å²) >= 11 is 0. The molecule has 0 saturated carbocycles. The lowest BCUT2D eigenvalue weighted by molar-refractivity contribution is -0.130. The zero-order valence-corrected chi connectivity index (χ0v) is 13.3. The summed E-state index contributed by atoms with van der Waals surface area (Å²) in [5.74, 6) is 0.406. The Morgan fingerprint density at radius 3 is 2.59 bits per heavy atom. The number of nitrogens with one attached hydrogen (secondary N) is 1. The summed E-state index contributed by atoms with van der Waals surface area (Å²) in [5, 5.41) is 14.1. The Kier molecular flexibility index (Phi) is 4.79. The van der Waals surface area contributed by atoms with Crippen molar-refractivity contribution in [3.05, 3.63) is 34.9 Å². The maximum Gasteiger partial charge on any atom is 0.219 e. The molecule has 22 heavy (non-hydrogen) atoms. The average Bonchev–Trinajstić information content (AvgIpc) is 2.78. The van der Waals surface area contributed by atoms with Gasteiger partial charge >= 0.3 is 0 Å². The minimum Gasteiger partial charge on any atom is -0.388 e. The molecule has 1 fully saturated rings. The van der Waals surface area contributed by atoms with Gasteiger partial charge in [-0.2, -0.15) is 0 Å². The minimum atomic E-state index is -0.407. The van der Waals surface area contributed by atoms with Crippen LogP contribution in [0.15, 0.2) is 18.2 Å². The highest BCUT2D eigenvalue weighted by Gasteiger charge is 2.27. The molecule has 1 unspecified atom stereocenters. The number of nitrogens with zero attached hydrogens (tertiary/aromatic N) is 1. The molecule has 2 aliphatic rings. The molecule has 0 radical (unpaired) electrons. The van der Waals surface area contributed by atoms with E-state index in [2.05, 4.69) is 23.5 Å². The van der Waals surface area contributed by atoms with Crippen molar-refractivity contribution < 1.29 is 9.90 Å². The quantitative estimate of drug-likeness (QED) is 0.874. The molecule has 3 rings (SSSR count). The first kappa shape index (κ1) is 15.5. The molecular weight excluding hydrogens is 276 g/mol. The number of carbonyl (C=O) groups is 1. The summed E-state index contributed by atoms with van der Waals surface area (Å²) < 4.78 is 0. The molecule has 2 heterocycles. The lowest BCUT2D eigenvalue weighted by Gasteiger charge is -2.34. The van der Waals surface area contributed by atoms with Crippen LogP contribution < -0.4 is 5.32 Å². The van der Waals surface area contributed by atoms with Crippen molar-refractivity contribution in [2.24, 2.45) is 5.92 Å². The smallest absolute Gasteiger partial charge is 0.219 e. The molecule has 4 nitrogen and oxygen atoms in total. The van der Waals surface area contributed by atoms with E-state index in [1.807, 2.05) is 4.90 Å². The lowest BCUT2D eigenvalue weighted by Crippen LogP contribution is -2.38. The number of fused-ring (bicyclic) bond motifs is 1. The van der Waals surface area contributed by atoms with Crippen molar-refractivity contribution in [2.45, 2.75) is 38.7 Å². The Morgan fingerprint density at radius 1 is 1.23 bits per heavy atom. The number of benzene rings is 1. The summed E-state index contributed by atoms with van der Waals surface area (Å²) in [6, 6.07) is 6.47. The summed E-state index contributed by atoms with van der Waals surface area (Å²) in [6.45, 7) is 5.22. The fraction of sp³-hybridized carbons (Fsp3) is 0.611. The number of rotatable bonds is 2. The maximum atomic E-state index is 11.4. The van der Waals surface area contributed by atoms with E-state index in [0.29, 0.717) is 0 Å². The molecule has 0 spiro atoms. The molecule has 0 bridgehead atoms. The highest BCUT2D eigenvalue weighted by molar-refractivity contribution is 5.73. The largest absolute Gasteiger partial charge is 0.388 e. The van der Waals surface area contributed by atoms with E-state index in [1.165, 1.54) is 11.1 Å². The number of aliphatic hydroxyl groups excluding tert-OH is 1. The molecule has 0 aliphatic carbocycles. The molecule has 2 aliphatic heterocycles. The topological polar surface area (TPSA) is 52.6 Å². The molecule has 0 aromatic heterocycles. The number of carbonyl (C=O) groups excluding carboxylic acids is 1. The molecule has 1 saturated heterocycles. The van der Waals surface area contributed by atoms with E-state index in [9.17, 15) is 9.90 Å². The van der Waals surface area contributed by atoms with Gasteiger partial charge in [0.1, 0.15) is 0 Å². The first-order valence-corrected chi connectivity index (χ1v) is 8.41. The van der Waals surface area contributed by atoms with Gasteiger partial charge in [0.25, 0.3) is 0 Å². The van der Waals surface area contributed by atoms with Gasteiger partial charge in [-0.05, 0) is 61.4 Å². The molecule has 2 N–H and O–H groups in total. The predicted octanol–water partition coefficient (Wildman–Crippen LogP) is 1.67. The molecule has 4 heteroatoms. The summed E-state index contributed by atoms with van der Waals surface area (Å²) in [4.78, 5) is 13.3. The monoisotopic (exact) mass is 302 g/mol. The fourth-order valence-corrected chi connectivity index (χ4v) is 3.68. The number of aliphatic hydroxyl groups is 1. The first-order chi connectivity index (χ1) is 10.6. The van der Waals surface area contributed by atoms with E-state index in [0.717, 1.165) is 57.4 Å². The molecule has 1 aromatic carbocycles. The maximum absolute atomic E-state index is 11.4. The Bertz CT molecular complexity index is 536. The van der Waals surface area contributed by atoms with Gasteiger partial charge in [0, 0.05) is 20.0 Å². The Hall–Kier alpha value is -1.39. The Balaban J connectivity index is 1.69. The normalized spacial score (nSPS) is 21.1. The zero-order valence-electron chi connectivity index (χ0n) is 13.3. The SMILES string of the molecule is CC(=O)N1CCC(C(O)c2ccc3c(c2)CCNCC3)CC1. The van der Waals surface area contributed by atoms with Gasteiger partial charge in [0.15, 0.2) is 0 Å². The van der Waals surface area contributed by atoms with Gasteiger partial charge in [-0.3, -0.25) is 4.79 Å². The minimum absolute atomic E-state index is 0.144. The number of piperidine rings is 1. The lowest BCUT2D eigenvalue weighted by atomic mass is 9.86. The van der Waals surface area contributed by atoms with Gasteiger partial charge in [0.2, 0.25) is 5.91 Å². The van der Waals surface area contributed by atoms with Gasteiger partial charge < -0.3 is 15.3 Å². The van der Waals surface area contributed by atoms with E-state index < -0.39 is 6.10 Å². The highest BCUT2D eigenvalue weighted by Crippen LogP contribution is 2.32. The van der Waals surface area contributed by atoms with Gasteiger partial charge in [0.05, 0.1) is 6.10 Å². The summed E-state index contributed by atoms with van der Waals surface area (Å²) in [5.41, 5.74) is 3.83. The molecular formula is C18H26N2O2. The predicted molar refractivity (Wildman–Crippen MR) is 86.7 cm³/mol. The van der Waals surface area contributed by atoms with Crippen LogP contribution in [0.2, 0.25) is 0 Å². The fourth-order valence-electron chi connectivity index (χ4n) is 3.68. The summed E-state index contributed by atoms with van der Waals surface area (Å²) in [7, 11) is 0. The van der Waals surface area contributed by atoms with Crippen LogP contribution in [-0.4, -0.2) is 42.1 Å². The van der Waals surface area contributed by atoms with Crippen LogP contribution in [-0.2, 0) is 17.6 Å². The van der Waals surface area contributed by atoms with Crippen LogP contribution in [0, 0.1) is 5.92 Å². The van der Waals surface area contributed by atoms with Crippen molar-refractivity contribution in [1.29, 1.82) is 0 Å². The van der Waals surface area contributed by atoms with Crippen LogP contribution in [0.5, 0.6) is 0 Å². The van der Waals surface area contributed by atoms with Crippen molar-refractivity contribution in [3.8, 4) is 0 Å². The van der Waals surface area contributed by atoms with Gasteiger partial charge in [-0.25, -0.2) is 0 Å². The van der Waals surface area contributed by atoms with Gasteiger partial charge in [-0.1, -0.05) is 18.2 Å². The molecule has 1 amide bonds. The third-order valence-electron chi connectivity index (χ3n) is 5.15. The molecule has 120 valence electrons. The molecule has 1 atom stereocenters. The van der Waals surface area contributed by atoms with Crippen LogP contribution in [0.3, 0.4) is 0 Å². The van der Waals surface area contributed by atoms with Crippen LogP contribution in [0.25, 0.3) is 0 Å². The van der Waals surface area contributed by atoms with Crippen LogP contribution in [0.4, 0.5) is 0 Å². The van der Waals surface area contributed by atoms with Crippen molar-refractivity contribution in [1.82, 2.24) is 10.2 Å². The standard InChI is InChI=1S/C18H26N2O2/c1-13(21)20-10-6-15(7-11-20)18(22)17-3-2-14-4-8-19-9-5-16(14)12-17/h2-3,12,15,18-19,22H,4-11H2,1H3. The van der Waals surface area contributed by atoms with E-state index in [4.69, 9.17) is 0 Å². The Labute approximate surface area is 132 Å². The van der Waals surface area contributed by atoms with E-state index >= 15 is 0 Å². The second-order valence-corrected chi connectivity index (χ2v) is 6.57. The van der Waals surface area contributed by atoms with Gasteiger partial charge in [-0.15, -0.1) is 0 Å². The molecule has 1 aromatic rings. The number of amides is 1. The zero-order chi connectivity index (χ0) is 15.5. The third-order valence-corrected chi connectivity index (χ3v) is 5.15. The highest BCUT2D eigenvalue weighted by atomic mass is 16.3. The van der Waals surface area contributed by atoms with Crippen molar-refractivity contribution in [2.75, 3.05) is 26.2 Å². The van der Waals surface area contributed by atoms with Crippen LogP contribution >= 0.6 is 0 Å². The Morgan fingerprint density at radius 2 is 1.91 bits per heavy atom. The van der Waals surface area contributed by atoms with E-state index in [-0.39, 0.29) is 11.8 Å². The second-order valence-electron chi connectivity index (χ2n) is 6.57. The van der Waals surface area contributed by atoms with Crippen LogP contribution in [0.1, 0.15) is 42.6 Å². The number of likely N-dealkylation sites (tertiary alicyclic amines) is 1. The number of hydrogen-bond acceptors (Lipinski definition) is 3. The first-order valence-electron chi connectivity index (χ1n) is 8.41.